The summed E-state index contributed by atoms with van der Waals surface area (Å²) < 4.78 is 35.9. The molecule has 2 rings (SSSR count). The number of hydrogen-bond donors (Lipinski definition) is 1. The number of ether oxygens (including phenoxy) is 2. The van der Waals surface area contributed by atoms with Gasteiger partial charge in [0, 0.05) is 11.6 Å². The molecule has 1 aliphatic carbocycles. The molecule has 0 spiro atoms. The highest BCUT2D eigenvalue weighted by molar-refractivity contribution is 7.88. The Balaban J connectivity index is 2.02. The van der Waals surface area contributed by atoms with Crippen LogP contribution in [0.4, 0.5) is 0 Å². The highest BCUT2D eigenvalue weighted by atomic mass is 32.2. The van der Waals surface area contributed by atoms with Gasteiger partial charge in [0.2, 0.25) is 10.0 Å². The van der Waals surface area contributed by atoms with Gasteiger partial charge in [-0.2, -0.15) is 9.41 Å². The first-order valence-electron chi connectivity index (χ1n) is 8.86. The Bertz CT molecular complexity index is 773. The Morgan fingerprint density at radius 2 is 1.96 bits per heavy atom. The highest BCUT2D eigenvalue weighted by Gasteiger charge is 2.29. The number of hydrogen-bond acceptors (Lipinski definition) is 6. The molecule has 0 heterocycles. The van der Waals surface area contributed by atoms with Gasteiger partial charge in [0.05, 0.1) is 33.2 Å². The summed E-state index contributed by atoms with van der Waals surface area (Å²) in [7, 11) is -0.388. The molecule has 8 nitrogen and oxygen atoms in total. The fourth-order valence-electron chi connectivity index (χ4n) is 3.18. The van der Waals surface area contributed by atoms with Gasteiger partial charge in [0.1, 0.15) is 11.5 Å². The topological polar surface area (TPSA) is 97.3 Å². The van der Waals surface area contributed by atoms with Crippen molar-refractivity contribution in [2.45, 2.75) is 38.1 Å². The molecular formula is C18H27N3O5S. The summed E-state index contributed by atoms with van der Waals surface area (Å²) >= 11 is 0. The van der Waals surface area contributed by atoms with Gasteiger partial charge >= 0.3 is 0 Å². The zero-order chi connectivity index (χ0) is 19.9. The van der Waals surface area contributed by atoms with Gasteiger partial charge in [0.25, 0.3) is 5.91 Å². The molecule has 0 saturated heterocycles. The third kappa shape index (κ3) is 6.21. The Hall–Kier alpha value is -2.13. The van der Waals surface area contributed by atoms with Crippen LogP contribution in [0.25, 0.3) is 0 Å². The van der Waals surface area contributed by atoms with Crippen molar-refractivity contribution in [3.63, 3.8) is 0 Å². The molecule has 1 aromatic rings. The average molecular weight is 397 g/mol. The van der Waals surface area contributed by atoms with E-state index in [4.69, 9.17) is 9.47 Å². The number of carbonyl (C=O) groups excluding carboxylic acids is 1. The summed E-state index contributed by atoms with van der Waals surface area (Å²) in [5.74, 6) is 0.724. The normalized spacial score (nSPS) is 15.9. The summed E-state index contributed by atoms with van der Waals surface area (Å²) in [6.45, 7) is -0.240. The lowest BCUT2D eigenvalue weighted by molar-refractivity contribution is -0.121. The minimum Gasteiger partial charge on any atom is -0.497 e. The second-order valence-corrected chi connectivity index (χ2v) is 8.44. The molecule has 1 N–H and O–H groups in total. The molecule has 1 amide bonds. The van der Waals surface area contributed by atoms with Crippen molar-refractivity contribution >= 4 is 22.1 Å². The van der Waals surface area contributed by atoms with Crippen LogP contribution < -0.4 is 14.9 Å². The zero-order valence-corrected chi connectivity index (χ0v) is 16.8. The summed E-state index contributed by atoms with van der Waals surface area (Å²) in [6, 6.07) is 5.08. The Morgan fingerprint density at radius 1 is 1.26 bits per heavy atom. The lowest BCUT2D eigenvalue weighted by Crippen LogP contribution is -2.45. The second kappa shape index (κ2) is 9.70. The van der Waals surface area contributed by atoms with Crippen LogP contribution in [0.5, 0.6) is 11.5 Å². The molecule has 0 radical (unpaired) electrons. The van der Waals surface area contributed by atoms with E-state index >= 15 is 0 Å². The number of rotatable bonds is 8. The van der Waals surface area contributed by atoms with Gasteiger partial charge in [-0.15, -0.1) is 0 Å². The molecule has 0 unspecified atom stereocenters. The van der Waals surface area contributed by atoms with Gasteiger partial charge < -0.3 is 9.47 Å². The monoisotopic (exact) mass is 397 g/mol. The minimum absolute atomic E-state index is 0.123. The minimum atomic E-state index is -3.47. The van der Waals surface area contributed by atoms with E-state index in [0.29, 0.717) is 17.1 Å². The van der Waals surface area contributed by atoms with Crippen LogP contribution in [0.2, 0.25) is 0 Å². The number of nitrogens with zero attached hydrogens (tertiary/aromatic N) is 2. The van der Waals surface area contributed by atoms with Gasteiger partial charge in [-0.05, 0) is 31.0 Å². The van der Waals surface area contributed by atoms with E-state index in [9.17, 15) is 13.2 Å². The predicted octanol–water partition coefficient (Wildman–Crippen LogP) is 1.75. The summed E-state index contributed by atoms with van der Waals surface area (Å²) in [5.41, 5.74) is 3.02. The molecule has 1 aliphatic rings. The van der Waals surface area contributed by atoms with E-state index in [1.807, 2.05) is 0 Å². The van der Waals surface area contributed by atoms with Crippen molar-refractivity contribution < 1.29 is 22.7 Å². The SMILES string of the molecule is COc1ccc(OC)c(/C=N/NC(=O)CN(C2CCCCC2)S(C)(=O)=O)c1. The quantitative estimate of drug-likeness (QED) is 0.532. The highest BCUT2D eigenvalue weighted by Crippen LogP contribution is 2.24. The fraction of sp³-hybridized carbons (Fsp3) is 0.556. The first-order valence-corrected chi connectivity index (χ1v) is 10.7. The van der Waals surface area contributed by atoms with Gasteiger partial charge in [-0.25, -0.2) is 13.8 Å². The van der Waals surface area contributed by atoms with E-state index in [-0.39, 0.29) is 12.6 Å². The van der Waals surface area contributed by atoms with Crippen LogP contribution in [-0.2, 0) is 14.8 Å². The average Bonchev–Trinajstić information content (AvgIpc) is 2.65. The number of hydrazone groups is 1. The number of methoxy groups -OCH3 is 2. The fourth-order valence-corrected chi connectivity index (χ4v) is 4.28. The maximum atomic E-state index is 12.2. The van der Waals surface area contributed by atoms with Crippen LogP contribution in [0, 0.1) is 0 Å². The van der Waals surface area contributed by atoms with Crippen LogP contribution in [0.3, 0.4) is 0 Å². The maximum absolute atomic E-state index is 12.2. The van der Waals surface area contributed by atoms with Crippen LogP contribution in [0.1, 0.15) is 37.7 Å². The van der Waals surface area contributed by atoms with E-state index in [1.165, 1.54) is 17.6 Å². The number of nitrogens with one attached hydrogen (secondary N) is 1. The van der Waals surface area contributed by atoms with Crippen molar-refractivity contribution in [3.05, 3.63) is 23.8 Å². The largest absolute Gasteiger partial charge is 0.497 e. The standard InChI is InChI=1S/C18H27N3O5S/c1-25-16-9-10-17(26-2)14(11-16)12-19-20-18(22)13-21(27(3,23)24)15-7-5-4-6-8-15/h9-12,15H,4-8,13H2,1-3H3,(H,20,22)/b19-12+. The molecule has 150 valence electrons. The van der Waals surface area contributed by atoms with Crippen LogP contribution >= 0.6 is 0 Å². The Morgan fingerprint density at radius 3 is 2.56 bits per heavy atom. The Labute approximate surface area is 160 Å². The Kier molecular flexibility index (Phi) is 7.61. The first kappa shape index (κ1) is 21.2. The second-order valence-electron chi connectivity index (χ2n) is 6.50. The van der Waals surface area contributed by atoms with Crippen LogP contribution in [-0.4, -0.2) is 57.9 Å². The number of amides is 1. The van der Waals surface area contributed by atoms with E-state index in [1.54, 1.807) is 25.3 Å². The zero-order valence-electron chi connectivity index (χ0n) is 16.0. The number of sulfonamides is 1. The lowest BCUT2D eigenvalue weighted by atomic mass is 9.95. The van der Waals surface area contributed by atoms with E-state index in [0.717, 1.165) is 38.4 Å². The lowest BCUT2D eigenvalue weighted by Gasteiger charge is -2.31. The smallest absolute Gasteiger partial charge is 0.255 e. The van der Waals surface area contributed by atoms with E-state index in [2.05, 4.69) is 10.5 Å². The molecule has 1 saturated carbocycles. The molecule has 27 heavy (non-hydrogen) atoms. The first-order chi connectivity index (χ1) is 12.8. The summed E-state index contributed by atoms with van der Waals surface area (Å²) in [4.78, 5) is 12.2. The maximum Gasteiger partial charge on any atom is 0.255 e. The summed E-state index contributed by atoms with van der Waals surface area (Å²) in [6.07, 6.45) is 7.20. The molecule has 0 atom stereocenters. The van der Waals surface area contributed by atoms with Crippen molar-refractivity contribution in [3.8, 4) is 11.5 Å². The van der Waals surface area contributed by atoms with Crippen molar-refractivity contribution in [2.75, 3.05) is 27.0 Å². The third-order valence-electron chi connectivity index (χ3n) is 4.54. The van der Waals surface area contributed by atoms with Crippen LogP contribution in [0.15, 0.2) is 23.3 Å². The van der Waals surface area contributed by atoms with Gasteiger partial charge in [-0.3, -0.25) is 4.79 Å². The molecule has 1 aromatic carbocycles. The molecule has 9 heteroatoms. The van der Waals surface area contributed by atoms with Crippen molar-refractivity contribution in [2.24, 2.45) is 5.10 Å². The molecule has 1 fully saturated rings. The molecular weight excluding hydrogens is 370 g/mol. The molecule has 0 aliphatic heterocycles. The van der Waals surface area contributed by atoms with E-state index < -0.39 is 15.9 Å². The molecule has 0 bridgehead atoms. The molecule has 0 aromatic heterocycles. The van der Waals surface area contributed by atoms with Crippen molar-refractivity contribution in [1.29, 1.82) is 0 Å². The van der Waals surface area contributed by atoms with Crippen molar-refractivity contribution in [1.82, 2.24) is 9.73 Å². The predicted molar refractivity (Wildman–Crippen MR) is 104 cm³/mol. The van der Waals surface area contributed by atoms with Gasteiger partial charge in [0.15, 0.2) is 0 Å². The summed E-state index contributed by atoms with van der Waals surface area (Å²) in [5, 5.41) is 3.92. The van der Waals surface area contributed by atoms with Gasteiger partial charge in [-0.1, -0.05) is 19.3 Å². The third-order valence-corrected chi connectivity index (χ3v) is 5.82. The number of carbonyl (C=O) groups is 1. The number of benzene rings is 1.